The minimum atomic E-state index is -1.05. The Balaban J connectivity index is 1.80. The van der Waals surface area contributed by atoms with Gasteiger partial charge in [0.2, 0.25) is 5.91 Å². The average Bonchev–Trinajstić information content (AvgIpc) is 2.70. The minimum Gasteiger partial charge on any atom is -0.484 e. The second-order valence-electron chi connectivity index (χ2n) is 5.75. The van der Waals surface area contributed by atoms with E-state index in [1.54, 1.807) is 31.2 Å². The summed E-state index contributed by atoms with van der Waals surface area (Å²) < 4.78 is 31.4. The van der Waals surface area contributed by atoms with Gasteiger partial charge < -0.3 is 15.0 Å². The van der Waals surface area contributed by atoms with E-state index in [0.717, 1.165) is 12.1 Å². The molecule has 5 nitrogen and oxygen atoms in total. The molecule has 0 aliphatic carbocycles. The number of hydrogen-bond acceptors (Lipinski definition) is 3. The largest absolute Gasteiger partial charge is 0.484 e. The lowest BCUT2D eigenvalue weighted by Gasteiger charge is -2.27. The standard InChI is InChI=1S/C18H16F2N2O3/c1-11-8-17(23)21-15-4-2-3-5-16(15)22(11)18(24)10-25-12-6-7-13(19)14(20)9-12/h2-7,9,11H,8,10H2,1H3,(H,21,23)/t11-/m0/s1. The van der Waals surface area contributed by atoms with Crippen LogP contribution in [0.4, 0.5) is 20.2 Å². The van der Waals surface area contributed by atoms with Crippen molar-refractivity contribution in [1.29, 1.82) is 0 Å². The number of amides is 2. The summed E-state index contributed by atoms with van der Waals surface area (Å²) >= 11 is 0. The molecule has 25 heavy (non-hydrogen) atoms. The van der Waals surface area contributed by atoms with Crippen LogP contribution in [0, 0.1) is 11.6 Å². The molecule has 0 spiro atoms. The maximum absolute atomic E-state index is 13.2. The van der Waals surface area contributed by atoms with Gasteiger partial charge in [-0.2, -0.15) is 0 Å². The summed E-state index contributed by atoms with van der Waals surface area (Å²) in [6.07, 6.45) is 0.144. The third-order valence-corrected chi connectivity index (χ3v) is 3.88. The van der Waals surface area contributed by atoms with Crippen molar-refractivity contribution in [2.75, 3.05) is 16.8 Å². The van der Waals surface area contributed by atoms with Gasteiger partial charge in [0.1, 0.15) is 5.75 Å². The third kappa shape index (κ3) is 3.60. The van der Waals surface area contributed by atoms with Gasteiger partial charge in [-0.3, -0.25) is 9.59 Å². The smallest absolute Gasteiger partial charge is 0.265 e. The predicted molar refractivity (Wildman–Crippen MR) is 88.5 cm³/mol. The quantitative estimate of drug-likeness (QED) is 0.929. The first-order valence-electron chi connectivity index (χ1n) is 7.74. The van der Waals surface area contributed by atoms with Crippen LogP contribution < -0.4 is 15.0 Å². The Kier molecular flexibility index (Phi) is 4.65. The molecule has 0 bridgehead atoms. The number of anilines is 2. The van der Waals surface area contributed by atoms with Gasteiger partial charge in [-0.25, -0.2) is 8.78 Å². The van der Waals surface area contributed by atoms with Crippen molar-refractivity contribution >= 4 is 23.2 Å². The maximum Gasteiger partial charge on any atom is 0.265 e. The number of carbonyl (C=O) groups is 2. The first-order chi connectivity index (χ1) is 12.0. The number of nitrogens with one attached hydrogen (secondary N) is 1. The molecule has 0 saturated carbocycles. The molecule has 0 aromatic heterocycles. The summed E-state index contributed by atoms with van der Waals surface area (Å²) in [7, 11) is 0. The van der Waals surface area contributed by atoms with Gasteiger partial charge in [-0.1, -0.05) is 12.1 Å². The van der Waals surface area contributed by atoms with Crippen molar-refractivity contribution < 1.29 is 23.1 Å². The monoisotopic (exact) mass is 346 g/mol. The van der Waals surface area contributed by atoms with Crippen LogP contribution in [-0.2, 0) is 9.59 Å². The Labute approximate surface area is 143 Å². The van der Waals surface area contributed by atoms with Gasteiger partial charge in [0.25, 0.3) is 5.91 Å². The highest BCUT2D eigenvalue weighted by atomic mass is 19.2. The molecule has 2 aromatic carbocycles. The number of nitrogens with zero attached hydrogens (tertiary/aromatic N) is 1. The maximum atomic E-state index is 13.2. The van der Waals surface area contributed by atoms with E-state index in [4.69, 9.17) is 4.74 Å². The molecule has 1 aliphatic rings. The number of carbonyl (C=O) groups excluding carboxylic acids is 2. The highest BCUT2D eigenvalue weighted by Crippen LogP contribution is 2.31. The van der Waals surface area contributed by atoms with E-state index in [2.05, 4.69) is 5.32 Å². The second-order valence-corrected chi connectivity index (χ2v) is 5.75. The third-order valence-electron chi connectivity index (χ3n) is 3.88. The van der Waals surface area contributed by atoms with Crippen LogP contribution >= 0.6 is 0 Å². The molecule has 3 rings (SSSR count). The molecule has 0 unspecified atom stereocenters. The van der Waals surface area contributed by atoms with Gasteiger partial charge in [-0.05, 0) is 31.2 Å². The first kappa shape index (κ1) is 16.9. The Morgan fingerprint density at radius 3 is 2.76 bits per heavy atom. The van der Waals surface area contributed by atoms with Crippen molar-refractivity contribution in [2.24, 2.45) is 0 Å². The Hall–Kier alpha value is -2.96. The summed E-state index contributed by atoms with van der Waals surface area (Å²) in [4.78, 5) is 26.0. The molecule has 0 saturated heterocycles. The fraction of sp³-hybridized carbons (Fsp3) is 0.222. The lowest BCUT2D eigenvalue weighted by molar-refractivity contribution is -0.121. The predicted octanol–water partition coefficient (Wildman–Crippen LogP) is 3.11. The van der Waals surface area contributed by atoms with E-state index in [1.165, 1.54) is 11.0 Å². The molecule has 130 valence electrons. The summed E-state index contributed by atoms with van der Waals surface area (Å²) in [6.45, 7) is 1.40. The summed E-state index contributed by atoms with van der Waals surface area (Å²) in [5.74, 6) is -2.55. The number of fused-ring (bicyclic) bond motifs is 1. The number of benzene rings is 2. The molecule has 0 fully saturated rings. The zero-order valence-corrected chi connectivity index (χ0v) is 13.5. The van der Waals surface area contributed by atoms with Gasteiger partial charge in [0.05, 0.1) is 11.4 Å². The molecule has 1 atom stereocenters. The van der Waals surface area contributed by atoms with E-state index in [0.29, 0.717) is 11.4 Å². The van der Waals surface area contributed by atoms with E-state index < -0.39 is 11.6 Å². The number of hydrogen-bond donors (Lipinski definition) is 1. The van der Waals surface area contributed by atoms with Crippen molar-refractivity contribution in [1.82, 2.24) is 0 Å². The van der Waals surface area contributed by atoms with Crippen molar-refractivity contribution in [2.45, 2.75) is 19.4 Å². The molecular formula is C18H16F2N2O3. The number of ether oxygens (including phenoxy) is 1. The van der Waals surface area contributed by atoms with Gasteiger partial charge in [-0.15, -0.1) is 0 Å². The summed E-state index contributed by atoms with van der Waals surface area (Å²) in [5.41, 5.74) is 1.11. The van der Waals surface area contributed by atoms with Gasteiger partial charge in [0.15, 0.2) is 18.2 Å². The van der Waals surface area contributed by atoms with Crippen LogP contribution in [0.1, 0.15) is 13.3 Å². The lowest BCUT2D eigenvalue weighted by Crippen LogP contribution is -2.41. The molecule has 2 amide bonds. The van der Waals surface area contributed by atoms with E-state index >= 15 is 0 Å². The molecule has 2 aromatic rings. The number of halogens is 2. The van der Waals surface area contributed by atoms with Gasteiger partial charge >= 0.3 is 0 Å². The zero-order valence-electron chi connectivity index (χ0n) is 13.5. The van der Waals surface area contributed by atoms with E-state index in [1.807, 2.05) is 0 Å². The van der Waals surface area contributed by atoms with E-state index in [-0.39, 0.29) is 36.6 Å². The van der Waals surface area contributed by atoms with Crippen LogP contribution in [-0.4, -0.2) is 24.5 Å². The Morgan fingerprint density at radius 2 is 2.00 bits per heavy atom. The molecule has 0 radical (unpaired) electrons. The fourth-order valence-corrected chi connectivity index (χ4v) is 2.75. The molecule has 1 N–H and O–H groups in total. The van der Waals surface area contributed by atoms with Crippen LogP contribution in [0.25, 0.3) is 0 Å². The fourth-order valence-electron chi connectivity index (χ4n) is 2.75. The van der Waals surface area contributed by atoms with Crippen LogP contribution in [0.15, 0.2) is 42.5 Å². The lowest BCUT2D eigenvalue weighted by atomic mass is 10.1. The minimum absolute atomic E-state index is 0.0530. The SMILES string of the molecule is C[C@H]1CC(=O)Nc2ccccc2N1C(=O)COc1ccc(F)c(F)c1. The number of para-hydroxylation sites is 2. The highest BCUT2D eigenvalue weighted by Gasteiger charge is 2.29. The van der Waals surface area contributed by atoms with Crippen LogP contribution in [0.2, 0.25) is 0 Å². The van der Waals surface area contributed by atoms with E-state index in [9.17, 15) is 18.4 Å². The first-order valence-corrected chi connectivity index (χ1v) is 7.74. The van der Waals surface area contributed by atoms with Crippen LogP contribution in [0.5, 0.6) is 5.75 Å². The average molecular weight is 346 g/mol. The van der Waals surface area contributed by atoms with Crippen molar-refractivity contribution in [3.8, 4) is 5.75 Å². The normalized spacial score (nSPS) is 16.7. The Bertz CT molecular complexity index is 826. The Morgan fingerprint density at radius 1 is 1.24 bits per heavy atom. The van der Waals surface area contributed by atoms with Crippen molar-refractivity contribution in [3.05, 3.63) is 54.1 Å². The highest BCUT2D eigenvalue weighted by molar-refractivity contribution is 6.04. The molecule has 7 heteroatoms. The molecule has 1 heterocycles. The second kappa shape index (κ2) is 6.88. The van der Waals surface area contributed by atoms with Gasteiger partial charge in [0, 0.05) is 18.5 Å². The van der Waals surface area contributed by atoms with Crippen LogP contribution in [0.3, 0.4) is 0 Å². The summed E-state index contributed by atoms with van der Waals surface area (Å²) in [5, 5.41) is 2.76. The van der Waals surface area contributed by atoms with Crippen molar-refractivity contribution in [3.63, 3.8) is 0 Å². The summed E-state index contributed by atoms with van der Waals surface area (Å²) in [6, 6.07) is 9.65. The topological polar surface area (TPSA) is 58.6 Å². The molecular weight excluding hydrogens is 330 g/mol. The zero-order chi connectivity index (χ0) is 18.0. The number of rotatable bonds is 3. The molecule has 1 aliphatic heterocycles.